The SMILES string of the molecule is COc1ccc(C2(CNS(=O)(=O)c3cc(C)ccc3C)CCCC2)cc1. The van der Waals surface area contributed by atoms with E-state index in [4.69, 9.17) is 4.74 Å². The van der Waals surface area contributed by atoms with E-state index in [-0.39, 0.29) is 5.41 Å². The molecule has 0 spiro atoms. The van der Waals surface area contributed by atoms with Crippen LogP contribution in [0.15, 0.2) is 47.4 Å². The first kappa shape index (κ1) is 18.9. The van der Waals surface area contributed by atoms with Crippen molar-refractivity contribution >= 4 is 10.0 Å². The fourth-order valence-electron chi connectivity index (χ4n) is 3.87. The Kier molecular flexibility index (Phi) is 5.39. The van der Waals surface area contributed by atoms with Crippen LogP contribution in [0.2, 0.25) is 0 Å². The zero-order valence-electron chi connectivity index (χ0n) is 15.7. The minimum atomic E-state index is -3.53. The van der Waals surface area contributed by atoms with Gasteiger partial charge >= 0.3 is 0 Å². The van der Waals surface area contributed by atoms with Crippen molar-refractivity contribution in [2.75, 3.05) is 13.7 Å². The van der Waals surface area contributed by atoms with Crippen LogP contribution >= 0.6 is 0 Å². The van der Waals surface area contributed by atoms with Gasteiger partial charge in [0.15, 0.2) is 0 Å². The van der Waals surface area contributed by atoms with Crippen molar-refractivity contribution in [3.05, 3.63) is 59.2 Å². The van der Waals surface area contributed by atoms with E-state index in [0.717, 1.165) is 42.6 Å². The molecule has 1 N–H and O–H groups in total. The Balaban J connectivity index is 1.85. The first-order valence-electron chi connectivity index (χ1n) is 9.08. The van der Waals surface area contributed by atoms with Gasteiger partial charge in [-0.1, -0.05) is 37.1 Å². The molecule has 1 fully saturated rings. The van der Waals surface area contributed by atoms with Crippen LogP contribution < -0.4 is 9.46 Å². The Morgan fingerprint density at radius 2 is 1.69 bits per heavy atom. The van der Waals surface area contributed by atoms with E-state index in [1.54, 1.807) is 13.2 Å². The third kappa shape index (κ3) is 3.79. The van der Waals surface area contributed by atoms with Gasteiger partial charge in [0, 0.05) is 12.0 Å². The lowest BCUT2D eigenvalue weighted by molar-refractivity contribution is 0.410. The summed E-state index contributed by atoms with van der Waals surface area (Å²) >= 11 is 0. The summed E-state index contributed by atoms with van der Waals surface area (Å²) in [5.41, 5.74) is 2.76. The molecule has 0 radical (unpaired) electrons. The monoisotopic (exact) mass is 373 g/mol. The molecule has 0 unspecified atom stereocenters. The molecule has 0 atom stereocenters. The summed E-state index contributed by atoms with van der Waals surface area (Å²) in [4.78, 5) is 0.375. The quantitative estimate of drug-likeness (QED) is 0.829. The largest absolute Gasteiger partial charge is 0.497 e. The molecule has 1 aliphatic carbocycles. The van der Waals surface area contributed by atoms with Crippen molar-refractivity contribution in [3.8, 4) is 5.75 Å². The van der Waals surface area contributed by atoms with Crippen molar-refractivity contribution in [3.63, 3.8) is 0 Å². The molecule has 1 saturated carbocycles. The summed E-state index contributed by atoms with van der Waals surface area (Å²) in [6, 6.07) is 13.6. The molecule has 0 aromatic heterocycles. The van der Waals surface area contributed by atoms with Gasteiger partial charge in [-0.25, -0.2) is 13.1 Å². The smallest absolute Gasteiger partial charge is 0.240 e. The third-order valence-electron chi connectivity index (χ3n) is 5.50. The van der Waals surface area contributed by atoms with Gasteiger partial charge in [-0.15, -0.1) is 0 Å². The normalized spacial score (nSPS) is 16.6. The van der Waals surface area contributed by atoms with Crippen LogP contribution in [0.3, 0.4) is 0 Å². The minimum absolute atomic E-state index is 0.142. The predicted molar refractivity (Wildman–Crippen MR) is 104 cm³/mol. The average molecular weight is 374 g/mol. The predicted octanol–water partition coefficient (Wildman–Crippen LogP) is 4.10. The number of ether oxygens (including phenoxy) is 1. The number of nitrogens with one attached hydrogen (secondary N) is 1. The Bertz CT molecular complexity index is 867. The van der Waals surface area contributed by atoms with Gasteiger partial charge in [0.1, 0.15) is 5.75 Å². The van der Waals surface area contributed by atoms with Crippen LogP contribution in [0.5, 0.6) is 5.75 Å². The standard InChI is InChI=1S/C21H27NO3S/c1-16-6-7-17(2)20(14-16)26(23,24)22-15-21(12-4-5-13-21)18-8-10-19(25-3)11-9-18/h6-11,14,22H,4-5,12-13,15H2,1-3H3. The van der Waals surface area contributed by atoms with E-state index < -0.39 is 10.0 Å². The highest BCUT2D eigenvalue weighted by molar-refractivity contribution is 7.89. The Hall–Kier alpha value is -1.85. The number of rotatable bonds is 6. The molecule has 3 rings (SSSR count). The summed E-state index contributed by atoms with van der Waals surface area (Å²) in [6.07, 6.45) is 4.23. The second-order valence-corrected chi connectivity index (χ2v) is 9.04. The topological polar surface area (TPSA) is 55.4 Å². The van der Waals surface area contributed by atoms with Crippen LogP contribution in [-0.4, -0.2) is 22.1 Å². The molecule has 2 aromatic carbocycles. The molecule has 0 saturated heterocycles. The van der Waals surface area contributed by atoms with E-state index in [0.29, 0.717) is 11.4 Å². The third-order valence-corrected chi connectivity index (χ3v) is 7.04. The van der Waals surface area contributed by atoms with Crippen molar-refractivity contribution in [2.45, 2.75) is 49.8 Å². The van der Waals surface area contributed by atoms with Crippen LogP contribution in [-0.2, 0) is 15.4 Å². The summed E-state index contributed by atoms with van der Waals surface area (Å²) in [5, 5.41) is 0. The molecule has 0 bridgehead atoms. The molecule has 5 heteroatoms. The van der Waals surface area contributed by atoms with Gasteiger partial charge in [-0.3, -0.25) is 0 Å². The van der Waals surface area contributed by atoms with Crippen LogP contribution in [0, 0.1) is 13.8 Å². The van der Waals surface area contributed by atoms with Crippen molar-refractivity contribution < 1.29 is 13.2 Å². The molecule has 0 amide bonds. The highest BCUT2D eigenvalue weighted by Gasteiger charge is 2.37. The Morgan fingerprint density at radius 1 is 1.04 bits per heavy atom. The minimum Gasteiger partial charge on any atom is -0.497 e. The Labute approximate surface area is 156 Å². The van der Waals surface area contributed by atoms with E-state index in [1.807, 2.05) is 38.1 Å². The van der Waals surface area contributed by atoms with Crippen LogP contribution in [0.25, 0.3) is 0 Å². The van der Waals surface area contributed by atoms with Gasteiger partial charge < -0.3 is 4.74 Å². The van der Waals surface area contributed by atoms with E-state index in [1.165, 1.54) is 5.56 Å². The first-order valence-corrected chi connectivity index (χ1v) is 10.6. The lowest BCUT2D eigenvalue weighted by Crippen LogP contribution is -2.39. The fraction of sp³-hybridized carbons (Fsp3) is 0.429. The molecule has 1 aliphatic rings. The van der Waals surface area contributed by atoms with E-state index in [9.17, 15) is 8.42 Å². The van der Waals surface area contributed by atoms with Crippen molar-refractivity contribution in [1.29, 1.82) is 0 Å². The van der Waals surface area contributed by atoms with Gasteiger partial charge in [0.05, 0.1) is 12.0 Å². The fourth-order valence-corrected chi connectivity index (χ4v) is 5.33. The molecule has 26 heavy (non-hydrogen) atoms. The number of sulfonamides is 1. The average Bonchev–Trinajstić information content (AvgIpc) is 3.12. The van der Waals surface area contributed by atoms with Gasteiger partial charge in [-0.05, 0) is 61.6 Å². The van der Waals surface area contributed by atoms with Crippen LogP contribution in [0.4, 0.5) is 0 Å². The number of methoxy groups -OCH3 is 1. The Morgan fingerprint density at radius 3 is 2.31 bits per heavy atom. The molecular formula is C21H27NO3S. The van der Waals surface area contributed by atoms with Crippen LogP contribution in [0.1, 0.15) is 42.4 Å². The van der Waals surface area contributed by atoms with Crippen molar-refractivity contribution in [1.82, 2.24) is 4.72 Å². The molecular weight excluding hydrogens is 346 g/mol. The van der Waals surface area contributed by atoms with Gasteiger partial charge in [0.25, 0.3) is 0 Å². The first-order chi connectivity index (χ1) is 12.4. The van der Waals surface area contributed by atoms with Gasteiger partial charge in [0.2, 0.25) is 10.0 Å². The molecule has 140 valence electrons. The second kappa shape index (κ2) is 7.41. The highest BCUT2D eigenvalue weighted by Crippen LogP contribution is 2.41. The summed E-state index contributed by atoms with van der Waals surface area (Å²) < 4.78 is 34.0. The number of hydrogen-bond donors (Lipinski definition) is 1. The summed E-state index contributed by atoms with van der Waals surface area (Å²) in [7, 11) is -1.88. The molecule has 2 aromatic rings. The lowest BCUT2D eigenvalue weighted by Gasteiger charge is -2.30. The lowest BCUT2D eigenvalue weighted by atomic mass is 9.79. The zero-order chi connectivity index (χ0) is 18.8. The molecule has 4 nitrogen and oxygen atoms in total. The zero-order valence-corrected chi connectivity index (χ0v) is 16.5. The van der Waals surface area contributed by atoms with Crippen molar-refractivity contribution in [2.24, 2.45) is 0 Å². The highest BCUT2D eigenvalue weighted by atomic mass is 32.2. The maximum Gasteiger partial charge on any atom is 0.240 e. The van der Waals surface area contributed by atoms with Gasteiger partial charge in [-0.2, -0.15) is 0 Å². The maximum atomic E-state index is 12.9. The second-order valence-electron chi connectivity index (χ2n) is 7.31. The number of hydrogen-bond acceptors (Lipinski definition) is 3. The number of benzene rings is 2. The molecule has 0 aliphatic heterocycles. The molecule has 0 heterocycles. The summed E-state index contributed by atoms with van der Waals surface area (Å²) in [6.45, 7) is 4.17. The number of aryl methyl sites for hydroxylation is 2. The van der Waals surface area contributed by atoms with E-state index >= 15 is 0 Å². The summed E-state index contributed by atoms with van der Waals surface area (Å²) in [5.74, 6) is 0.817. The maximum absolute atomic E-state index is 12.9. The van der Waals surface area contributed by atoms with E-state index in [2.05, 4.69) is 16.9 Å².